The second-order valence-corrected chi connectivity index (χ2v) is 9.19. The van der Waals surface area contributed by atoms with Crippen molar-refractivity contribution in [1.82, 2.24) is 0 Å². The molecule has 0 bridgehead atoms. The van der Waals surface area contributed by atoms with Gasteiger partial charge in [0.15, 0.2) is 17.3 Å². The van der Waals surface area contributed by atoms with E-state index in [1.54, 1.807) is 6.92 Å². The fourth-order valence-electron chi connectivity index (χ4n) is 4.76. The Morgan fingerprint density at radius 3 is 2.61 bits per heavy atom. The lowest BCUT2D eigenvalue weighted by Crippen LogP contribution is -2.40. The van der Waals surface area contributed by atoms with E-state index in [0.29, 0.717) is 29.2 Å². The molecule has 10 heteroatoms. The molecular weight excluding hydrogens is 432 g/mol. The summed E-state index contributed by atoms with van der Waals surface area (Å²) in [5.41, 5.74) is 0.975. The summed E-state index contributed by atoms with van der Waals surface area (Å²) in [5.74, 6) is -2.14. The monoisotopic (exact) mass is 458 g/mol. The van der Waals surface area contributed by atoms with Crippen molar-refractivity contribution in [2.45, 2.75) is 39.5 Å². The summed E-state index contributed by atoms with van der Waals surface area (Å²) in [6, 6.07) is 2.78. The second kappa shape index (κ2) is 8.58. The van der Waals surface area contributed by atoms with Crippen molar-refractivity contribution in [3.63, 3.8) is 0 Å². The molecule has 0 saturated heterocycles. The molecular formula is C23H26N2O8. The number of ketones is 1. The number of nitrogens with zero attached hydrogens (tertiary/aromatic N) is 2. The van der Waals surface area contributed by atoms with E-state index in [9.17, 15) is 19.7 Å². The Balaban J connectivity index is 1.90. The third-order valence-electron chi connectivity index (χ3n) is 6.14. The highest BCUT2D eigenvalue weighted by molar-refractivity contribution is 6.09. The number of ether oxygens (including phenoxy) is 4. The number of Topliss-reactive ketones (excluding diaryl/α,β-unsaturated/α-hetero) is 1. The van der Waals surface area contributed by atoms with E-state index < -0.39 is 22.7 Å². The Kier molecular flexibility index (Phi) is 5.96. The first-order valence-electron chi connectivity index (χ1n) is 10.7. The van der Waals surface area contributed by atoms with E-state index in [4.69, 9.17) is 18.9 Å². The summed E-state index contributed by atoms with van der Waals surface area (Å²) in [4.78, 5) is 42.6. The summed E-state index contributed by atoms with van der Waals surface area (Å²) < 4.78 is 21.1. The topological polar surface area (TPSA) is 127 Å². The molecule has 0 N–H and O–H groups in total. The summed E-state index contributed by atoms with van der Waals surface area (Å²) in [6.45, 7) is 5.78. The highest BCUT2D eigenvalue weighted by atomic mass is 16.7. The zero-order valence-corrected chi connectivity index (χ0v) is 19.0. The maximum atomic E-state index is 13.4. The lowest BCUT2D eigenvalue weighted by atomic mass is 9.66. The average molecular weight is 458 g/mol. The molecule has 0 saturated carbocycles. The summed E-state index contributed by atoms with van der Waals surface area (Å²) in [6.07, 6.45) is 0.770. The van der Waals surface area contributed by atoms with Gasteiger partial charge in [0.05, 0.1) is 17.6 Å². The fourth-order valence-corrected chi connectivity index (χ4v) is 4.76. The zero-order chi connectivity index (χ0) is 23.9. The van der Waals surface area contributed by atoms with Crippen molar-refractivity contribution in [3.05, 3.63) is 39.1 Å². The van der Waals surface area contributed by atoms with Crippen LogP contribution in [0.2, 0.25) is 0 Å². The molecule has 2 atom stereocenters. The van der Waals surface area contributed by atoms with Crippen molar-refractivity contribution in [2.75, 3.05) is 27.1 Å². The quantitative estimate of drug-likeness (QED) is 0.275. The molecule has 1 aromatic rings. The van der Waals surface area contributed by atoms with Gasteiger partial charge in [0.2, 0.25) is 6.79 Å². The largest absolute Gasteiger partial charge is 0.463 e. The Morgan fingerprint density at radius 2 is 1.94 bits per heavy atom. The van der Waals surface area contributed by atoms with E-state index in [0.717, 1.165) is 0 Å². The van der Waals surface area contributed by atoms with Gasteiger partial charge in [0.25, 0.3) is 5.69 Å². The van der Waals surface area contributed by atoms with Crippen LogP contribution in [0.5, 0.6) is 11.5 Å². The summed E-state index contributed by atoms with van der Waals surface area (Å²) in [5, 5.41) is 12.0. The Bertz CT molecular complexity index is 1090. The number of allylic oxidation sites excluding steroid dienone is 2. The van der Waals surface area contributed by atoms with Gasteiger partial charge >= 0.3 is 5.97 Å². The van der Waals surface area contributed by atoms with Gasteiger partial charge in [0, 0.05) is 42.0 Å². The molecule has 2 aliphatic heterocycles. The van der Waals surface area contributed by atoms with Crippen LogP contribution in [0.25, 0.3) is 0 Å². The summed E-state index contributed by atoms with van der Waals surface area (Å²) >= 11 is 0. The van der Waals surface area contributed by atoms with Gasteiger partial charge in [0.1, 0.15) is 12.5 Å². The van der Waals surface area contributed by atoms with Gasteiger partial charge in [-0.3, -0.25) is 24.7 Å². The first kappa shape index (κ1) is 22.9. The second-order valence-electron chi connectivity index (χ2n) is 9.19. The summed E-state index contributed by atoms with van der Waals surface area (Å²) in [7, 11) is 1.49. The van der Waals surface area contributed by atoms with Gasteiger partial charge in [-0.05, 0) is 24.8 Å². The van der Waals surface area contributed by atoms with Gasteiger partial charge in [-0.25, -0.2) is 0 Å². The van der Waals surface area contributed by atoms with Crippen LogP contribution in [-0.4, -0.2) is 49.5 Å². The minimum absolute atomic E-state index is 0.0158. The van der Waals surface area contributed by atoms with E-state index in [1.165, 1.54) is 19.2 Å². The molecule has 1 aliphatic carbocycles. The number of benzene rings is 1. The van der Waals surface area contributed by atoms with E-state index in [2.05, 4.69) is 4.99 Å². The van der Waals surface area contributed by atoms with E-state index >= 15 is 0 Å². The van der Waals surface area contributed by atoms with Crippen molar-refractivity contribution < 1.29 is 33.5 Å². The van der Waals surface area contributed by atoms with Crippen LogP contribution in [0.4, 0.5) is 5.69 Å². The molecule has 1 aromatic carbocycles. The standard InChI is InChI=1S/C23H26N2O8/c1-12-19(22(27)31-6-5-30-4)20(21-14(24-12)9-23(2,3)10-16(21)26)13-7-17-18(33-11-32-17)8-15(13)25(28)29/h7-8,19-20H,5-6,9-11H2,1-4H3/t19?,20-/m1/s1. The van der Waals surface area contributed by atoms with Crippen LogP contribution in [0, 0.1) is 21.4 Å². The Hall–Kier alpha value is -3.27. The van der Waals surface area contributed by atoms with Crippen LogP contribution in [-0.2, 0) is 19.1 Å². The molecule has 2 heterocycles. The van der Waals surface area contributed by atoms with Crippen LogP contribution in [0.1, 0.15) is 45.1 Å². The number of esters is 1. The smallest absolute Gasteiger partial charge is 0.315 e. The molecule has 0 fully saturated rings. The van der Waals surface area contributed by atoms with E-state index in [-0.39, 0.29) is 54.6 Å². The molecule has 10 nitrogen and oxygen atoms in total. The van der Waals surface area contributed by atoms with Gasteiger partial charge < -0.3 is 18.9 Å². The maximum absolute atomic E-state index is 13.4. The van der Waals surface area contributed by atoms with Crippen LogP contribution in [0.15, 0.2) is 28.4 Å². The van der Waals surface area contributed by atoms with E-state index in [1.807, 2.05) is 13.8 Å². The van der Waals surface area contributed by atoms with Crippen LogP contribution < -0.4 is 9.47 Å². The number of hydrogen-bond acceptors (Lipinski definition) is 9. The first-order valence-corrected chi connectivity index (χ1v) is 10.7. The normalized spacial score (nSPS) is 23.2. The predicted molar refractivity (Wildman–Crippen MR) is 116 cm³/mol. The highest BCUT2D eigenvalue weighted by Gasteiger charge is 2.48. The van der Waals surface area contributed by atoms with Crippen molar-refractivity contribution in [2.24, 2.45) is 16.3 Å². The van der Waals surface area contributed by atoms with Crippen molar-refractivity contribution in [3.8, 4) is 11.5 Å². The maximum Gasteiger partial charge on any atom is 0.315 e. The molecule has 3 aliphatic rings. The SMILES string of the molecule is COCCOC(=O)C1C(C)=NC2=C(C(=O)CC(C)(C)C2)[C@@H]1c1cc2c(cc1[N+](=O)[O-])OCO2. The number of hydrogen-bond donors (Lipinski definition) is 0. The number of nitro benzene ring substituents is 1. The minimum atomic E-state index is -0.996. The van der Waals surface area contributed by atoms with Crippen molar-refractivity contribution >= 4 is 23.2 Å². The number of rotatable bonds is 6. The third-order valence-corrected chi connectivity index (χ3v) is 6.14. The zero-order valence-electron chi connectivity index (χ0n) is 19.0. The van der Waals surface area contributed by atoms with Crippen LogP contribution in [0.3, 0.4) is 0 Å². The number of carbonyl (C=O) groups is 2. The Labute approximate surface area is 190 Å². The van der Waals surface area contributed by atoms with Gasteiger partial charge in [-0.1, -0.05) is 13.8 Å². The molecule has 1 unspecified atom stereocenters. The predicted octanol–water partition coefficient (Wildman–Crippen LogP) is 3.33. The molecule has 0 aromatic heterocycles. The molecule has 0 radical (unpaired) electrons. The number of nitro groups is 1. The lowest BCUT2D eigenvalue weighted by Gasteiger charge is -2.38. The van der Waals surface area contributed by atoms with Gasteiger partial charge in [-0.2, -0.15) is 0 Å². The lowest BCUT2D eigenvalue weighted by molar-refractivity contribution is -0.385. The first-order chi connectivity index (χ1) is 15.6. The highest BCUT2D eigenvalue weighted by Crippen LogP contribution is 2.51. The van der Waals surface area contributed by atoms with Gasteiger partial charge in [-0.15, -0.1) is 0 Å². The van der Waals surface area contributed by atoms with Crippen LogP contribution >= 0.6 is 0 Å². The average Bonchev–Trinajstić information content (AvgIpc) is 3.18. The molecule has 33 heavy (non-hydrogen) atoms. The fraction of sp³-hybridized carbons (Fsp3) is 0.522. The molecule has 0 spiro atoms. The molecule has 176 valence electrons. The molecule has 4 rings (SSSR count). The number of carbonyl (C=O) groups excluding carboxylic acids is 2. The minimum Gasteiger partial charge on any atom is -0.463 e. The number of aliphatic imine (C=N–C) groups is 1. The Morgan fingerprint density at radius 1 is 1.24 bits per heavy atom. The number of methoxy groups -OCH3 is 1. The molecule has 0 amide bonds. The number of fused-ring (bicyclic) bond motifs is 1. The third kappa shape index (κ3) is 4.22. The van der Waals surface area contributed by atoms with Crippen molar-refractivity contribution in [1.29, 1.82) is 0 Å².